The Morgan fingerprint density at radius 2 is 2.11 bits per heavy atom. The molecule has 6 heteroatoms. The highest BCUT2D eigenvalue weighted by Gasteiger charge is 2.19. The predicted octanol–water partition coefficient (Wildman–Crippen LogP) is 1.39. The second-order valence-corrected chi connectivity index (χ2v) is 3.62. The average Bonchev–Trinajstić information content (AvgIpc) is 2.89. The van der Waals surface area contributed by atoms with Gasteiger partial charge < -0.3 is 19.7 Å². The van der Waals surface area contributed by atoms with Gasteiger partial charge in [-0.3, -0.25) is 0 Å². The van der Waals surface area contributed by atoms with E-state index in [0.717, 1.165) is 5.56 Å². The van der Waals surface area contributed by atoms with E-state index >= 15 is 0 Å². The Kier molecular flexibility index (Phi) is 3.91. The molecule has 1 aromatic carbocycles. The van der Waals surface area contributed by atoms with Crippen molar-refractivity contribution in [3.63, 3.8) is 0 Å². The zero-order chi connectivity index (χ0) is 13.0. The molecule has 0 fully saturated rings. The Hall–Kier alpha value is -1.92. The Morgan fingerprint density at radius 3 is 2.78 bits per heavy atom. The average molecular weight is 249 g/mol. The number of ether oxygens (including phenoxy) is 2. The third-order valence-electron chi connectivity index (χ3n) is 2.56. The SMILES string of the molecule is COc1ccccc1-c1noc(C(CN)OC)n1. The van der Waals surface area contributed by atoms with Crippen molar-refractivity contribution in [2.75, 3.05) is 20.8 Å². The lowest BCUT2D eigenvalue weighted by atomic mass is 10.2. The number of nitrogens with two attached hydrogens (primary N) is 1. The Labute approximate surface area is 105 Å². The maximum absolute atomic E-state index is 5.54. The molecule has 0 aliphatic rings. The van der Waals surface area contributed by atoms with Gasteiger partial charge in [-0.25, -0.2) is 0 Å². The first-order valence-corrected chi connectivity index (χ1v) is 5.50. The van der Waals surface area contributed by atoms with Crippen LogP contribution in [0.1, 0.15) is 12.0 Å². The molecule has 96 valence electrons. The van der Waals surface area contributed by atoms with E-state index in [1.54, 1.807) is 14.2 Å². The van der Waals surface area contributed by atoms with Crippen molar-refractivity contribution in [2.24, 2.45) is 5.73 Å². The highest BCUT2D eigenvalue weighted by Crippen LogP contribution is 2.28. The number of para-hydroxylation sites is 1. The van der Waals surface area contributed by atoms with Gasteiger partial charge in [0.25, 0.3) is 5.89 Å². The molecule has 0 radical (unpaired) electrons. The third kappa shape index (κ3) is 2.34. The van der Waals surface area contributed by atoms with Crippen LogP contribution in [0.2, 0.25) is 0 Å². The summed E-state index contributed by atoms with van der Waals surface area (Å²) in [6, 6.07) is 7.45. The van der Waals surface area contributed by atoms with Crippen LogP contribution in [0, 0.1) is 0 Å². The van der Waals surface area contributed by atoms with E-state index in [9.17, 15) is 0 Å². The minimum Gasteiger partial charge on any atom is -0.496 e. The van der Waals surface area contributed by atoms with Crippen LogP contribution in [0.4, 0.5) is 0 Å². The van der Waals surface area contributed by atoms with Crippen molar-refractivity contribution in [2.45, 2.75) is 6.10 Å². The van der Waals surface area contributed by atoms with Gasteiger partial charge in [-0.1, -0.05) is 17.3 Å². The summed E-state index contributed by atoms with van der Waals surface area (Å²) in [5.41, 5.74) is 6.31. The summed E-state index contributed by atoms with van der Waals surface area (Å²) in [6.45, 7) is 0.282. The normalized spacial score (nSPS) is 12.4. The zero-order valence-corrected chi connectivity index (χ0v) is 10.3. The highest BCUT2D eigenvalue weighted by molar-refractivity contribution is 5.63. The standard InChI is InChI=1S/C12H15N3O3/c1-16-9-6-4-3-5-8(9)11-14-12(18-15-11)10(7-13)17-2/h3-6,10H,7,13H2,1-2H3. The van der Waals surface area contributed by atoms with Crippen LogP contribution < -0.4 is 10.5 Å². The first-order valence-electron chi connectivity index (χ1n) is 5.50. The van der Waals surface area contributed by atoms with E-state index in [2.05, 4.69) is 10.1 Å². The number of methoxy groups -OCH3 is 2. The van der Waals surface area contributed by atoms with Gasteiger partial charge in [0.1, 0.15) is 11.9 Å². The van der Waals surface area contributed by atoms with Crippen LogP contribution >= 0.6 is 0 Å². The van der Waals surface area contributed by atoms with E-state index < -0.39 is 0 Å². The molecule has 0 aliphatic heterocycles. The van der Waals surface area contributed by atoms with Gasteiger partial charge in [0.2, 0.25) is 5.82 Å². The second kappa shape index (κ2) is 5.61. The van der Waals surface area contributed by atoms with Crippen LogP contribution in [0.3, 0.4) is 0 Å². The molecule has 0 saturated carbocycles. The predicted molar refractivity (Wildman–Crippen MR) is 65.1 cm³/mol. The summed E-state index contributed by atoms with van der Waals surface area (Å²) < 4.78 is 15.5. The van der Waals surface area contributed by atoms with Crippen molar-refractivity contribution in [3.8, 4) is 17.1 Å². The van der Waals surface area contributed by atoms with Gasteiger partial charge in [-0.2, -0.15) is 4.98 Å². The minimum atomic E-state index is -0.388. The molecule has 18 heavy (non-hydrogen) atoms. The maximum atomic E-state index is 5.54. The molecular weight excluding hydrogens is 234 g/mol. The number of hydrogen-bond donors (Lipinski definition) is 1. The van der Waals surface area contributed by atoms with Gasteiger partial charge >= 0.3 is 0 Å². The van der Waals surface area contributed by atoms with Gasteiger partial charge in [0, 0.05) is 13.7 Å². The van der Waals surface area contributed by atoms with Crippen molar-refractivity contribution in [3.05, 3.63) is 30.2 Å². The molecule has 0 bridgehead atoms. The van der Waals surface area contributed by atoms with Crippen LogP contribution in [0.25, 0.3) is 11.4 Å². The van der Waals surface area contributed by atoms with E-state index in [1.807, 2.05) is 24.3 Å². The largest absolute Gasteiger partial charge is 0.496 e. The summed E-state index contributed by atoms with van der Waals surface area (Å²) in [6.07, 6.45) is -0.388. The number of benzene rings is 1. The lowest BCUT2D eigenvalue weighted by Crippen LogP contribution is -2.14. The van der Waals surface area contributed by atoms with Crippen LogP contribution in [0.5, 0.6) is 5.75 Å². The molecule has 1 heterocycles. The Bertz CT molecular complexity index is 509. The maximum Gasteiger partial charge on any atom is 0.257 e. The van der Waals surface area contributed by atoms with Crippen LogP contribution in [-0.2, 0) is 4.74 Å². The van der Waals surface area contributed by atoms with Crippen molar-refractivity contribution < 1.29 is 14.0 Å². The Morgan fingerprint density at radius 1 is 1.33 bits per heavy atom. The first-order chi connectivity index (χ1) is 8.80. The number of rotatable bonds is 5. The zero-order valence-electron chi connectivity index (χ0n) is 10.3. The molecular formula is C12H15N3O3. The first kappa shape index (κ1) is 12.5. The minimum absolute atomic E-state index is 0.282. The van der Waals surface area contributed by atoms with Gasteiger partial charge in [0.15, 0.2) is 0 Å². The quantitative estimate of drug-likeness (QED) is 0.862. The summed E-state index contributed by atoms with van der Waals surface area (Å²) in [5.74, 6) is 1.51. The molecule has 0 aliphatic carbocycles. The molecule has 0 amide bonds. The molecule has 2 aromatic rings. The summed E-state index contributed by atoms with van der Waals surface area (Å²) in [5, 5.41) is 3.91. The Balaban J connectivity index is 2.34. The fourth-order valence-electron chi connectivity index (χ4n) is 1.60. The molecule has 2 N–H and O–H groups in total. The van der Waals surface area contributed by atoms with Gasteiger partial charge in [0.05, 0.1) is 12.7 Å². The lowest BCUT2D eigenvalue weighted by Gasteiger charge is -2.06. The molecule has 6 nitrogen and oxygen atoms in total. The van der Waals surface area contributed by atoms with Gasteiger partial charge in [-0.05, 0) is 12.1 Å². The van der Waals surface area contributed by atoms with Crippen LogP contribution in [-0.4, -0.2) is 30.9 Å². The topological polar surface area (TPSA) is 83.4 Å². The summed E-state index contributed by atoms with van der Waals surface area (Å²) >= 11 is 0. The fraction of sp³-hybridized carbons (Fsp3) is 0.333. The van der Waals surface area contributed by atoms with Crippen molar-refractivity contribution in [1.82, 2.24) is 10.1 Å². The molecule has 1 atom stereocenters. The van der Waals surface area contributed by atoms with Crippen molar-refractivity contribution >= 4 is 0 Å². The van der Waals surface area contributed by atoms with Gasteiger partial charge in [-0.15, -0.1) is 0 Å². The summed E-state index contributed by atoms with van der Waals surface area (Å²) in [4.78, 5) is 4.27. The highest BCUT2D eigenvalue weighted by atomic mass is 16.5. The second-order valence-electron chi connectivity index (χ2n) is 3.62. The van der Waals surface area contributed by atoms with Crippen LogP contribution in [0.15, 0.2) is 28.8 Å². The van der Waals surface area contributed by atoms with E-state index in [1.165, 1.54) is 0 Å². The molecule has 0 saturated heterocycles. The van der Waals surface area contributed by atoms with E-state index in [0.29, 0.717) is 17.5 Å². The molecule has 0 spiro atoms. The molecule has 2 rings (SSSR count). The number of nitrogens with zero attached hydrogens (tertiary/aromatic N) is 2. The van der Waals surface area contributed by atoms with E-state index in [-0.39, 0.29) is 12.6 Å². The number of hydrogen-bond acceptors (Lipinski definition) is 6. The third-order valence-corrected chi connectivity index (χ3v) is 2.56. The monoisotopic (exact) mass is 249 g/mol. The van der Waals surface area contributed by atoms with Crippen molar-refractivity contribution in [1.29, 1.82) is 0 Å². The molecule has 1 aromatic heterocycles. The fourth-order valence-corrected chi connectivity index (χ4v) is 1.60. The molecule has 1 unspecified atom stereocenters. The van der Waals surface area contributed by atoms with E-state index in [4.69, 9.17) is 19.7 Å². The smallest absolute Gasteiger partial charge is 0.257 e. The number of aromatic nitrogens is 2. The lowest BCUT2D eigenvalue weighted by molar-refractivity contribution is 0.0804. The summed E-state index contributed by atoms with van der Waals surface area (Å²) in [7, 11) is 3.14.